The molecule has 0 aliphatic carbocycles. The lowest BCUT2D eigenvalue weighted by molar-refractivity contribution is -0.131. The number of nitrogens with zero attached hydrogens (tertiary/aromatic N) is 5. The van der Waals surface area contributed by atoms with Crippen LogP contribution >= 0.6 is 0 Å². The topological polar surface area (TPSA) is 88.4 Å². The number of carbonyl (C=O) groups is 1. The molecule has 8 nitrogen and oxygen atoms in total. The Hall–Kier alpha value is -3.04. The number of hydrogen-bond donors (Lipinski definition) is 0. The monoisotopic (exact) mass is 411 g/mol. The van der Waals surface area contributed by atoms with Crippen molar-refractivity contribution in [1.29, 1.82) is 0 Å². The fraction of sp³-hybridized carbons (Fsp3) is 0.250. The van der Waals surface area contributed by atoms with Gasteiger partial charge in [0.15, 0.2) is 0 Å². The van der Waals surface area contributed by atoms with Crippen molar-refractivity contribution < 1.29 is 13.2 Å². The van der Waals surface area contributed by atoms with Gasteiger partial charge in [0.1, 0.15) is 4.90 Å². The van der Waals surface area contributed by atoms with E-state index in [0.29, 0.717) is 13.1 Å². The molecule has 2 aromatic heterocycles. The minimum absolute atomic E-state index is 0.00438. The van der Waals surface area contributed by atoms with Crippen LogP contribution in [-0.4, -0.2) is 64.5 Å². The molecule has 1 aliphatic rings. The highest BCUT2D eigenvalue weighted by Gasteiger charge is 2.30. The average molecular weight is 411 g/mol. The Balaban J connectivity index is 1.34. The van der Waals surface area contributed by atoms with Crippen molar-refractivity contribution in [2.75, 3.05) is 26.2 Å². The summed E-state index contributed by atoms with van der Waals surface area (Å²) in [5, 5.41) is 4.18. The van der Waals surface area contributed by atoms with Crippen molar-refractivity contribution in [1.82, 2.24) is 24.0 Å². The van der Waals surface area contributed by atoms with Crippen molar-refractivity contribution in [3.05, 3.63) is 72.8 Å². The lowest BCUT2D eigenvalue weighted by Crippen LogP contribution is -2.50. The maximum atomic E-state index is 12.7. The summed E-state index contributed by atoms with van der Waals surface area (Å²) >= 11 is 0. The van der Waals surface area contributed by atoms with Crippen LogP contribution in [0.25, 0.3) is 5.69 Å². The maximum Gasteiger partial charge on any atom is 0.244 e. The van der Waals surface area contributed by atoms with Crippen LogP contribution in [0, 0.1) is 0 Å². The minimum atomic E-state index is -3.57. The van der Waals surface area contributed by atoms with E-state index >= 15 is 0 Å². The molecule has 1 aromatic carbocycles. The normalized spacial score (nSPS) is 15.4. The van der Waals surface area contributed by atoms with Crippen LogP contribution < -0.4 is 0 Å². The fourth-order valence-electron chi connectivity index (χ4n) is 3.30. The van der Waals surface area contributed by atoms with E-state index in [1.807, 2.05) is 36.5 Å². The first kappa shape index (κ1) is 19.3. The number of carbonyl (C=O) groups excluding carboxylic acids is 1. The number of aromatic nitrogens is 3. The van der Waals surface area contributed by atoms with E-state index in [2.05, 4.69) is 10.1 Å². The van der Waals surface area contributed by atoms with Gasteiger partial charge in [-0.2, -0.15) is 9.40 Å². The first-order chi connectivity index (χ1) is 14.0. The summed E-state index contributed by atoms with van der Waals surface area (Å²) in [6, 6.07) is 12.7. The molecule has 9 heteroatoms. The molecule has 0 unspecified atom stereocenters. The van der Waals surface area contributed by atoms with E-state index in [1.54, 1.807) is 21.8 Å². The van der Waals surface area contributed by atoms with E-state index < -0.39 is 10.0 Å². The second kappa shape index (κ2) is 8.14. The Labute approximate surface area is 169 Å². The quantitative estimate of drug-likeness (QED) is 0.632. The highest BCUT2D eigenvalue weighted by Crippen LogP contribution is 2.17. The third kappa shape index (κ3) is 4.20. The molecule has 0 spiro atoms. The summed E-state index contributed by atoms with van der Waals surface area (Å²) in [6.45, 7) is 1.32. The highest BCUT2D eigenvalue weighted by molar-refractivity contribution is 7.89. The van der Waals surface area contributed by atoms with Gasteiger partial charge in [-0.25, -0.2) is 13.1 Å². The number of pyridine rings is 1. The zero-order valence-electron chi connectivity index (χ0n) is 15.8. The Bertz CT molecular complexity index is 1060. The van der Waals surface area contributed by atoms with Crippen molar-refractivity contribution >= 4 is 15.9 Å². The Morgan fingerprint density at radius 1 is 0.966 bits per heavy atom. The molecule has 4 rings (SSSR count). The van der Waals surface area contributed by atoms with Crippen LogP contribution in [0.2, 0.25) is 0 Å². The van der Waals surface area contributed by atoms with Gasteiger partial charge < -0.3 is 4.90 Å². The first-order valence-corrected chi connectivity index (χ1v) is 10.7. The molecule has 3 aromatic rings. The van der Waals surface area contributed by atoms with E-state index in [0.717, 1.165) is 11.3 Å². The molecule has 1 saturated heterocycles. The smallest absolute Gasteiger partial charge is 0.244 e. The number of rotatable bonds is 5. The van der Waals surface area contributed by atoms with Crippen LogP contribution in [-0.2, 0) is 21.2 Å². The third-order valence-corrected chi connectivity index (χ3v) is 6.81. The minimum Gasteiger partial charge on any atom is -0.340 e. The summed E-state index contributed by atoms with van der Waals surface area (Å²) in [6.07, 6.45) is 6.75. The first-order valence-electron chi connectivity index (χ1n) is 9.31. The Morgan fingerprint density at radius 3 is 2.34 bits per heavy atom. The van der Waals surface area contributed by atoms with E-state index in [4.69, 9.17) is 0 Å². The van der Waals surface area contributed by atoms with Crippen LogP contribution in [0.5, 0.6) is 0 Å². The third-order valence-electron chi connectivity index (χ3n) is 4.92. The lowest BCUT2D eigenvalue weighted by Gasteiger charge is -2.34. The van der Waals surface area contributed by atoms with Gasteiger partial charge in [0, 0.05) is 51.0 Å². The van der Waals surface area contributed by atoms with Crippen molar-refractivity contribution in [3.63, 3.8) is 0 Å². The van der Waals surface area contributed by atoms with Gasteiger partial charge in [0.05, 0.1) is 12.1 Å². The predicted octanol–water partition coefficient (Wildman–Crippen LogP) is 1.34. The molecular formula is C20H21N5O3S. The van der Waals surface area contributed by atoms with E-state index in [1.165, 1.54) is 22.8 Å². The summed E-state index contributed by atoms with van der Waals surface area (Å²) in [5.41, 5.74) is 1.84. The molecule has 150 valence electrons. The largest absolute Gasteiger partial charge is 0.340 e. The highest BCUT2D eigenvalue weighted by atomic mass is 32.2. The lowest BCUT2D eigenvalue weighted by atomic mass is 10.1. The summed E-state index contributed by atoms with van der Waals surface area (Å²) in [5.74, 6) is -0.00438. The molecule has 0 bridgehead atoms. The summed E-state index contributed by atoms with van der Waals surface area (Å²) in [4.78, 5) is 18.4. The second-order valence-electron chi connectivity index (χ2n) is 6.77. The second-order valence-corrected chi connectivity index (χ2v) is 8.71. The molecule has 0 radical (unpaired) electrons. The van der Waals surface area contributed by atoms with E-state index in [9.17, 15) is 13.2 Å². The average Bonchev–Trinajstić information content (AvgIpc) is 3.30. The van der Waals surface area contributed by atoms with Gasteiger partial charge in [-0.05, 0) is 35.9 Å². The molecular weight excluding hydrogens is 390 g/mol. The van der Waals surface area contributed by atoms with Gasteiger partial charge in [0.2, 0.25) is 15.9 Å². The zero-order chi connectivity index (χ0) is 20.3. The Kier molecular flexibility index (Phi) is 5.41. The van der Waals surface area contributed by atoms with Gasteiger partial charge >= 0.3 is 0 Å². The molecule has 1 amide bonds. The van der Waals surface area contributed by atoms with Crippen LogP contribution in [0.4, 0.5) is 0 Å². The summed E-state index contributed by atoms with van der Waals surface area (Å²) in [7, 11) is -3.57. The van der Waals surface area contributed by atoms with Gasteiger partial charge in [-0.3, -0.25) is 9.78 Å². The fourth-order valence-corrected chi connectivity index (χ4v) is 4.69. The summed E-state index contributed by atoms with van der Waals surface area (Å²) < 4.78 is 28.5. The maximum absolute atomic E-state index is 12.7. The molecule has 0 saturated carbocycles. The molecule has 1 fully saturated rings. The standard InChI is InChI=1S/C20H21N5O3S/c26-20(15-17-4-6-18(7-5-17)25-10-2-9-22-25)23-11-13-24(14-12-23)29(27,28)19-3-1-8-21-16-19/h1-10,16H,11-15H2. The van der Waals surface area contributed by atoms with Gasteiger partial charge in [-0.1, -0.05) is 12.1 Å². The van der Waals surface area contributed by atoms with E-state index in [-0.39, 0.29) is 30.3 Å². The number of piperazine rings is 1. The van der Waals surface area contributed by atoms with Crippen molar-refractivity contribution in [3.8, 4) is 5.69 Å². The molecule has 1 aliphatic heterocycles. The number of benzene rings is 1. The number of hydrogen-bond acceptors (Lipinski definition) is 5. The SMILES string of the molecule is O=C(Cc1ccc(-n2cccn2)cc1)N1CCN(S(=O)(=O)c2cccnc2)CC1. The Morgan fingerprint density at radius 2 is 1.72 bits per heavy atom. The molecule has 3 heterocycles. The van der Waals surface area contributed by atoms with Gasteiger partial charge in [-0.15, -0.1) is 0 Å². The van der Waals surface area contributed by atoms with Crippen LogP contribution in [0.3, 0.4) is 0 Å². The number of sulfonamides is 1. The van der Waals surface area contributed by atoms with Crippen molar-refractivity contribution in [2.45, 2.75) is 11.3 Å². The molecule has 29 heavy (non-hydrogen) atoms. The molecule has 0 atom stereocenters. The molecule has 0 N–H and O–H groups in total. The van der Waals surface area contributed by atoms with Crippen molar-refractivity contribution in [2.24, 2.45) is 0 Å². The number of amides is 1. The van der Waals surface area contributed by atoms with Gasteiger partial charge in [0.25, 0.3) is 0 Å². The predicted molar refractivity (Wildman–Crippen MR) is 107 cm³/mol. The van der Waals surface area contributed by atoms with Crippen LogP contribution in [0.1, 0.15) is 5.56 Å². The van der Waals surface area contributed by atoms with Crippen LogP contribution in [0.15, 0.2) is 72.1 Å². The zero-order valence-corrected chi connectivity index (χ0v) is 16.6.